The fourth-order valence-corrected chi connectivity index (χ4v) is 2.98. The first-order chi connectivity index (χ1) is 12.5. The Labute approximate surface area is 158 Å². The molecule has 140 valence electrons. The summed E-state index contributed by atoms with van der Waals surface area (Å²) < 4.78 is 0. The molecular formula is C19H26N4O2S. The van der Waals surface area contributed by atoms with Gasteiger partial charge in [0, 0.05) is 6.42 Å². The van der Waals surface area contributed by atoms with Gasteiger partial charge in [0.2, 0.25) is 11.8 Å². The zero-order chi connectivity index (χ0) is 18.9. The third kappa shape index (κ3) is 5.62. The zero-order valence-electron chi connectivity index (χ0n) is 15.4. The lowest BCUT2D eigenvalue weighted by atomic mass is 10.1. The molecule has 1 heterocycles. The van der Waals surface area contributed by atoms with Crippen LogP contribution in [0.2, 0.25) is 0 Å². The van der Waals surface area contributed by atoms with Crippen LogP contribution in [-0.2, 0) is 9.59 Å². The molecular weight excluding hydrogens is 348 g/mol. The van der Waals surface area contributed by atoms with Crippen molar-refractivity contribution < 1.29 is 9.59 Å². The van der Waals surface area contributed by atoms with Crippen LogP contribution >= 0.6 is 11.8 Å². The highest BCUT2D eigenvalue weighted by Crippen LogP contribution is 2.18. The van der Waals surface area contributed by atoms with Crippen LogP contribution in [-0.4, -0.2) is 39.8 Å². The molecule has 26 heavy (non-hydrogen) atoms. The van der Waals surface area contributed by atoms with Gasteiger partial charge in [-0.1, -0.05) is 37.3 Å². The standard InChI is InChI=1S/C19H26N4O2S/c1-4-17(24)22-15(10-11-26-3)19(25)21-13(2)18-20-12-16(23-18)14-8-6-5-7-9-14/h5-9,12-13,15H,4,10-11H2,1-3H3,(H,20,23)(H,21,25)(H,22,24)/t13-,15-/m1/s1. The minimum atomic E-state index is -0.527. The number of hydrogen-bond donors (Lipinski definition) is 3. The van der Waals surface area contributed by atoms with Gasteiger partial charge in [-0.25, -0.2) is 4.98 Å². The lowest BCUT2D eigenvalue weighted by Gasteiger charge is -2.20. The van der Waals surface area contributed by atoms with Crippen LogP contribution in [0.25, 0.3) is 11.3 Å². The van der Waals surface area contributed by atoms with Crippen LogP contribution < -0.4 is 10.6 Å². The first-order valence-electron chi connectivity index (χ1n) is 8.74. The van der Waals surface area contributed by atoms with Crippen molar-refractivity contribution in [2.24, 2.45) is 0 Å². The molecule has 0 saturated heterocycles. The van der Waals surface area contributed by atoms with E-state index in [1.54, 1.807) is 24.9 Å². The van der Waals surface area contributed by atoms with E-state index in [-0.39, 0.29) is 17.9 Å². The second-order valence-corrected chi connectivity index (χ2v) is 7.02. The maximum Gasteiger partial charge on any atom is 0.243 e. The Kier molecular flexibility index (Phi) is 7.72. The SMILES string of the molecule is CCC(=O)N[C@H](CCSC)C(=O)N[C@H](C)c1ncc(-c2ccccc2)[nH]1. The van der Waals surface area contributed by atoms with Gasteiger partial charge in [-0.3, -0.25) is 9.59 Å². The summed E-state index contributed by atoms with van der Waals surface area (Å²) in [5.74, 6) is 1.17. The number of carbonyl (C=O) groups excluding carboxylic acids is 2. The highest BCUT2D eigenvalue weighted by Gasteiger charge is 2.22. The van der Waals surface area contributed by atoms with Crippen molar-refractivity contribution in [3.05, 3.63) is 42.4 Å². The van der Waals surface area contributed by atoms with Gasteiger partial charge >= 0.3 is 0 Å². The number of aromatic nitrogens is 2. The zero-order valence-corrected chi connectivity index (χ0v) is 16.2. The number of nitrogens with zero attached hydrogens (tertiary/aromatic N) is 1. The minimum absolute atomic E-state index is 0.122. The van der Waals surface area contributed by atoms with Crippen molar-refractivity contribution in [1.29, 1.82) is 0 Å². The first-order valence-corrected chi connectivity index (χ1v) is 10.1. The molecule has 6 nitrogen and oxygen atoms in total. The highest BCUT2D eigenvalue weighted by atomic mass is 32.2. The normalized spacial score (nSPS) is 13.0. The third-order valence-corrected chi connectivity index (χ3v) is 4.68. The van der Waals surface area contributed by atoms with Crippen LogP contribution in [0, 0.1) is 0 Å². The van der Waals surface area contributed by atoms with Crippen molar-refractivity contribution in [2.45, 2.75) is 38.8 Å². The largest absolute Gasteiger partial charge is 0.345 e. The van der Waals surface area contributed by atoms with E-state index < -0.39 is 6.04 Å². The molecule has 7 heteroatoms. The molecule has 0 aliphatic carbocycles. The number of aromatic amines is 1. The molecule has 0 aliphatic heterocycles. The van der Waals surface area contributed by atoms with Crippen molar-refractivity contribution in [3.63, 3.8) is 0 Å². The molecule has 1 aromatic carbocycles. The summed E-state index contributed by atoms with van der Waals surface area (Å²) in [5.41, 5.74) is 1.94. The van der Waals surface area contributed by atoms with Gasteiger partial charge in [0.15, 0.2) is 0 Å². The molecule has 0 radical (unpaired) electrons. The fraction of sp³-hybridized carbons (Fsp3) is 0.421. The van der Waals surface area contributed by atoms with E-state index in [9.17, 15) is 9.59 Å². The van der Waals surface area contributed by atoms with Gasteiger partial charge in [0.05, 0.1) is 17.9 Å². The number of hydrogen-bond acceptors (Lipinski definition) is 4. The van der Waals surface area contributed by atoms with Crippen molar-refractivity contribution in [3.8, 4) is 11.3 Å². The number of benzene rings is 1. The fourth-order valence-electron chi connectivity index (χ4n) is 2.50. The summed E-state index contributed by atoms with van der Waals surface area (Å²) in [5, 5.41) is 5.74. The topological polar surface area (TPSA) is 86.9 Å². The van der Waals surface area contributed by atoms with Crippen molar-refractivity contribution in [1.82, 2.24) is 20.6 Å². The van der Waals surface area contributed by atoms with Crippen LogP contribution in [0.15, 0.2) is 36.5 Å². The number of nitrogens with one attached hydrogen (secondary N) is 3. The van der Waals surface area contributed by atoms with Gasteiger partial charge in [-0.05, 0) is 30.9 Å². The molecule has 2 amide bonds. The molecule has 0 spiro atoms. The number of amides is 2. The first kappa shape index (κ1) is 20.0. The molecule has 1 aromatic heterocycles. The van der Waals surface area contributed by atoms with E-state index in [1.807, 2.05) is 43.5 Å². The van der Waals surface area contributed by atoms with Crippen LogP contribution in [0.1, 0.15) is 38.6 Å². The molecule has 0 unspecified atom stereocenters. The van der Waals surface area contributed by atoms with Gasteiger partial charge < -0.3 is 15.6 Å². The molecule has 2 rings (SSSR count). The van der Waals surface area contributed by atoms with Crippen LogP contribution in [0.5, 0.6) is 0 Å². The molecule has 0 fully saturated rings. The number of carbonyl (C=O) groups is 2. The predicted molar refractivity (Wildman–Crippen MR) is 106 cm³/mol. The average molecular weight is 375 g/mol. The third-order valence-electron chi connectivity index (χ3n) is 4.03. The maximum atomic E-state index is 12.6. The molecule has 0 saturated carbocycles. The summed E-state index contributed by atoms with van der Waals surface area (Å²) in [6.07, 6.45) is 4.70. The number of H-pyrrole nitrogens is 1. The van der Waals surface area contributed by atoms with E-state index in [2.05, 4.69) is 20.6 Å². The van der Waals surface area contributed by atoms with E-state index in [0.29, 0.717) is 18.7 Å². The second-order valence-electron chi connectivity index (χ2n) is 6.03. The Hall–Kier alpha value is -2.28. The van der Waals surface area contributed by atoms with Crippen LogP contribution in [0.4, 0.5) is 0 Å². The molecule has 2 aromatic rings. The van der Waals surface area contributed by atoms with Crippen molar-refractivity contribution in [2.75, 3.05) is 12.0 Å². The van der Waals surface area contributed by atoms with E-state index in [1.165, 1.54) is 0 Å². The Balaban J connectivity index is 2.02. The Morgan fingerprint density at radius 1 is 1.23 bits per heavy atom. The predicted octanol–water partition coefficient (Wildman–Crippen LogP) is 2.90. The molecule has 0 bridgehead atoms. The van der Waals surface area contributed by atoms with E-state index >= 15 is 0 Å². The van der Waals surface area contributed by atoms with E-state index in [4.69, 9.17) is 0 Å². The minimum Gasteiger partial charge on any atom is -0.345 e. The Morgan fingerprint density at radius 3 is 2.62 bits per heavy atom. The number of rotatable bonds is 9. The summed E-state index contributed by atoms with van der Waals surface area (Å²) in [7, 11) is 0. The van der Waals surface area contributed by atoms with Crippen LogP contribution in [0.3, 0.4) is 0 Å². The second kappa shape index (κ2) is 10.0. The molecule has 2 atom stereocenters. The van der Waals surface area contributed by atoms with Gasteiger partial charge in [0.1, 0.15) is 11.9 Å². The smallest absolute Gasteiger partial charge is 0.243 e. The number of imidazole rings is 1. The summed E-state index contributed by atoms with van der Waals surface area (Å²) in [6.45, 7) is 3.65. The quantitative estimate of drug-likeness (QED) is 0.630. The number of thioether (sulfide) groups is 1. The van der Waals surface area contributed by atoms with Gasteiger partial charge in [-0.2, -0.15) is 11.8 Å². The lowest BCUT2D eigenvalue weighted by Crippen LogP contribution is -2.47. The molecule has 3 N–H and O–H groups in total. The van der Waals surface area contributed by atoms with Gasteiger partial charge in [-0.15, -0.1) is 0 Å². The lowest BCUT2D eigenvalue weighted by molar-refractivity contribution is -0.129. The molecule has 0 aliphatic rings. The van der Waals surface area contributed by atoms with E-state index in [0.717, 1.165) is 17.0 Å². The highest BCUT2D eigenvalue weighted by molar-refractivity contribution is 7.98. The summed E-state index contributed by atoms with van der Waals surface area (Å²) >= 11 is 1.65. The summed E-state index contributed by atoms with van der Waals surface area (Å²) in [6, 6.07) is 9.08. The van der Waals surface area contributed by atoms with Crippen molar-refractivity contribution >= 4 is 23.6 Å². The van der Waals surface area contributed by atoms with Gasteiger partial charge in [0.25, 0.3) is 0 Å². The summed E-state index contributed by atoms with van der Waals surface area (Å²) in [4.78, 5) is 31.9. The Bertz CT molecular complexity index is 717. The maximum absolute atomic E-state index is 12.6. The Morgan fingerprint density at radius 2 is 1.96 bits per heavy atom. The monoisotopic (exact) mass is 374 g/mol. The average Bonchev–Trinajstić information content (AvgIpc) is 3.15.